The number of nitrogens with two attached hydrogens (primary N) is 1. The molecule has 0 saturated carbocycles. The highest BCUT2D eigenvalue weighted by Crippen LogP contribution is 2.20. The van der Waals surface area contributed by atoms with Gasteiger partial charge in [-0.1, -0.05) is 12.1 Å². The van der Waals surface area contributed by atoms with Crippen LogP contribution < -0.4 is 11.3 Å². The van der Waals surface area contributed by atoms with E-state index >= 15 is 0 Å². The van der Waals surface area contributed by atoms with Crippen LogP contribution in [-0.2, 0) is 6.42 Å². The highest BCUT2D eigenvalue weighted by molar-refractivity contribution is 5.27. The molecule has 2 rings (SSSR count). The topological polar surface area (TPSA) is 51.2 Å². The maximum atomic E-state index is 13.2. The summed E-state index contributed by atoms with van der Waals surface area (Å²) in [5.41, 5.74) is 4.28. The van der Waals surface area contributed by atoms with Gasteiger partial charge in [0.2, 0.25) is 0 Å². The van der Waals surface area contributed by atoms with E-state index < -0.39 is 0 Å². The van der Waals surface area contributed by atoms with Crippen molar-refractivity contribution in [2.45, 2.75) is 19.4 Å². The number of benzene rings is 1. The predicted molar refractivity (Wildman–Crippen MR) is 63.6 cm³/mol. The van der Waals surface area contributed by atoms with Crippen LogP contribution in [0.2, 0.25) is 0 Å². The highest BCUT2D eigenvalue weighted by atomic mass is 19.1. The first-order valence-corrected chi connectivity index (χ1v) is 5.45. The van der Waals surface area contributed by atoms with Crippen molar-refractivity contribution >= 4 is 0 Å². The second kappa shape index (κ2) is 5.12. The summed E-state index contributed by atoms with van der Waals surface area (Å²) in [5, 5.41) is 0. The average molecular weight is 234 g/mol. The van der Waals surface area contributed by atoms with Crippen molar-refractivity contribution in [1.29, 1.82) is 0 Å². The second-order valence-electron chi connectivity index (χ2n) is 4.01. The minimum absolute atomic E-state index is 0.0829. The minimum Gasteiger partial charge on any atom is -0.469 e. The number of furan rings is 1. The summed E-state index contributed by atoms with van der Waals surface area (Å²) in [5.74, 6) is 6.16. The summed E-state index contributed by atoms with van der Waals surface area (Å²) in [4.78, 5) is 0. The van der Waals surface area contributed by atoms with Gasteiger partial charge in [0.05, 0.1) is 12.3 Å². The van der Waals surface area contributed by atoms with Crippen LogP contribution >= 0.6 is 0 Å². The Morgan fingerprint density at radius 3 is 2.82 bits per heavy atom. The zero-order valence-electron chi connectivity index (χ0n) is 9.61. The van der Waals surface area contributed by atoms with Gasteiger partial charge < -0.3 is 4.42 Å². The number of halogens is 1. The Morgan fingerprint density at radius 2 is 2.24 bits per heavy atom. The molecule has 1 aromatic heterocycles. The van der Waals surface area contributed by atoms with E-state index in [1.807, 2.05) is 12.1 Å². The van der Waals surface area contributed by atoms with Crippen molar-refractivity contribution in [1.82, 2.24) is 5.43 Å². The van der Waals surface area contributed by atoms with E-state index in [0.29, 0.717) is 12.0 Å². The summed E-state index contributed by atoms with van der Waals surface area (Å²) in [7, 11) is 0. The molecule has 3 nitrogen and oxygen atoms in total. The number of hydrazine groups is 1. The highest BCUT2D eigenvalue weighted by Gasteiger charge is 2.13. The van der Waals surface area contributed by atoms with Gasteiger partial charge in [-0.3, -0.25) is 11.3 Å². The Kier molecular flexibility index (Phi) is 3.56. The molecule has 0 spiro atoms. The SMILES string of the molecule is Cc1cc(C(Cc2ccco2)NN)ccc1F. The van der Waals surface area contributed by atoms with Gasteiger partial charge in [0.15, 0.2) is 0 Å². The Labute approximate surface area is 99.4 Å². The molecular formula is C13H15FN2O. The van der Waals surface area contributed by atoms with Crippen LogP contribution in [0.5, 0.6) is 0 Å². The average Bonchev–Trinajstić information content (AvgIpc) is 2.82. The van der Waals surface area contributed by atoms with Crippen LogP contribution in [0.3, 0.4) is 0 Å². The van der Waals surface area contributed by atoms with Crippen LogP contribution in [0.25, 0.3) is 0 Å². The molecule has 0 bridgehead atoms. The summed E-state index contributed by atoms with van der Waals surface area (Å²) >= 11 is 0. The van der Waals surface area contributed by atoms with Crippen molar-refractivity contribution in [3.05, 3.63) is 59.3 Å². The molecule has 3 N–H and O–H groups in total. The number of nitrogens with one attached hydrogen (secondary N) is 1. The third-order valence-corrected chi connectivity index (χ3v) is 2.77. The first kappa shape index (κ1) is 11.8. The molecule has 1 aromatic carbocycles. The number of hydrogen-bond donors (Lipinski definition) is 2. The third kappa shape index (κ3) is 2.72. The van der Waals surface area contributed by atoms with Gasteiger partial charge in [-0.25, -0.2) is 4.39 Å². The van der Waals surface area contributed by atoms with E-state index in [-0.39, 0.29) is 11.9 Å². The molecule has 4 heteroatoms. The van der Waals surface area contributed by atoms with Gasteiger partial charge in [-0.05, 0) is 36.2 Å². The monoisotopic (exact) mass is 234 g/mol. The van der Waals surface area contributed by atoms with Gasteiger partial charge in [-0.2, -0.15) is 0 Å². The Bertz CT molecular complexity index is 482. The number of aryl methyl sites for hydroxylation is 1. The first-order chi connectivity index (χ1) is 8.20. The summed E-state index contributed by atoms with van der Waals surface area (Å²) in [6.07, 6.45) is 2.26. The quantitative estimate of drug-likeness (QED) is 0.631. The van der Waals surface area contributed by atoms with Crippen LogP contribution in [0.1, 0.15) is 22.9 Å². The summed E-state index contributed by atoms with van der Waals surface area (Å²) in [6, 6.07) is 8.62. The molecule has 90 valence electrons. The zero-order chi connectivity index (χ0) is 12.3. The fourth-order valence-corrected chi connectivity index (χ4v) is 1.79. The van der Waals surface area contributed by atoms with E-state index in [4.69, 9.17) is 10.3 Å². The maximum absolute atomic E-state index is 13.2. The molecular weight excluding hydrogens is 219 g/mol. The van der Waals surface area contributed by atoms with Gasteiger partial charge in [0.25, 0.3) is 0 Å². The van der Waals surface area contributed by atoms with Gasteiger partial charge in [-0.15, -0.1) is 0 Å². The van der Waals surface area contributed by atoms with Crippen molar-refractivity contribution in [3.63, 3.8) is 0 Å². The molecule has 2 aromatic rings. The Morgan fingerprint density at radius 1 is 1.41 bits per heavy atom. The molecule has 0 aliphatic carbocycles. The van der Waals surface area contributed by atoms with Crippen molar-refractivity contribution in [3.8, 4) is 0 Å². The van der Waals surface area contributed by atoms with E-state index in [9.17, 15) is 4.39 Å². The Hall–Kier alpha value is -1.65. The first-order valence-electron chi connectivity index (χ1n) is 5.45. The van der Waals surface area contributed by atoms with E-state index in [1.54, 1.807) is 25.3 Å². The van der Waals surface area contributed by atoms with Crippen LogP contribution in [0.15, 0.2) is 41.0 Å². The van der Waals surface area contributed by atoms with Crippen LogP contribution in [-0.4, -0.2) is 0 Å². The molecule has 0 amide bonds. The maximum Gasteiger partial charge on any atom is 0.126 e. The number of hydrogen-bond acceptors (Lipinski definition) is 3. The zero-order valence-corrected chi connectivity index (χ0v) is 9.61. The lowest BCUT2D eigenvalue weighted by atomic mass is 10.0. The molecule has 17 heavy (non-hydrogen) atoms. The minimum atomic E-state index is -0.206. The summed E-state index contributed by atoms with van der Waals surface area (Å²) < 4.78 is 18.4. The second-order valence-corrected chi connectivity index (χ2v) is 4.01. The van der Waals surface area contributed by atoms with Gasteiger partial charge in [0.1, 0.15) is 11.6 Å². The van der Waals surface area contributed by atoms with Crippen LogP contribution in [0, 0.1) is 12.7 Å². The van der Waals surface area contributed by atoms with Gasteiger partial charge in [0, 0.05) is 6.42 Å². The molecule has 1 unspecified atom stereocenters. The molecule has 0 radical (unpaired) electrons. The van der Waals surface area contributed by atoms with E-state index in [0.717, 1.165) is 11.3 Å². The normalized spacial score (nSPS) is 12.6. The predicted octanol–water partition coefficient (Wildman–Crippen LogP) is 2.47. The fourth-order valence-electron chi connectivity index (χ4n) is 1.79. The molecule has 0 aliphatic rings. The number of rotatable bonds is 4. The smallest absolute Gasteiger partial charge is 0.126 e. The molecule has 0 aliphatic heterocycles. The van der Waals surface area contributed by atoms with E-state index in [1.165, 1.54) is 6.07 Å². The lowest BCUT2D eigenvalue weighted by Crippen LogP contribution is -2.29. The van der Waals surface area contributed by atoms with Crippen molar-refractivity contribution < 1.29 is 8.81 Å². The third-order valence-electron chi connectivity index (χ3n) is 2.77. The van der Waals surface area contributed by atoms with E-state index in [2.05, 4.69) is 5.43 Å². The Balaban J connectivity index is 2.20. The van der Waals surface area contributed by atoms with Gasteiger partial charge >= 0.3 is 0 Å². The van der Waals surface area contributed by atoms with Crippen molar-refractivity contribution in [2.75, 3.05) is 0 Å². The standard InChI is InChI=1S/C13H15FN2O/c1-9-7-10(4-5-12(9)14)13(16-15)8-11-3-2-6-17-11/h2-7,13,16H,8,15H2,1H3. The largest absolute Gasteiger partial charge is 0.469 e. The lowest BCUT2D eigenvalue weighted by molar-refractivity contribution is 0.454. The summed E-state index contributed by atoms with van der Waals surface area (Å²) in [6.45, 7) is 1.74. The molecule has 0 fully saturated rings. The fraction of sp³-hybridized carbons (Fsp3) is 0.231. The molecule has 1 heterocycles. The molecule has 1 atom stereocenters. The molecule has 0 saturated heterocycles. The van der Waals surface area contributed by atoms with Crippen molar-refractivity contribution in [2.24, 2.45) is 5.84 Å². The van der Waals surface area contributed by atoms with Crippen LogP contribution in [0.4, 0.5) is 4.39 Å². The lowest BCUT2D eigenvalue weighted by Gasteiger charge is -2.15.